The lowest BCUT2D eigenvalue weighted by atomic mass is 9.84. The van der Waals surface area contributed by atoms with Gasteiger partial charge in [-0.2, -0.15) is 8.78 Å². The van der Waals surface area contributed by atoms with Gasteiger partial charge in [0.2, 0.25) is 0 Å². The molecule has 210 valence electrons. The molecule has 0 atom stereocenters. The fourth-order valence-corrected chi connectivity index (χ4v) is 5.11. The summed E-state index contributed by atoms with van der Waals surface area (Å²) >= 11 is 3.41. The number of hydrogen-bond acceptors (Lipinski definition) is 3. The number of aliphatic carboxylic acids is 1. The molecule has 0 saturated heterocycles. The number of carboxylic acids is 1. The second-order valence-electron chi connectivity index (χ2n) is 9.84. The van der Waals surface area contributed by atoms with E-state index in [0.717, 1.165) is 4.47 Å². The molecule has 0 aromatic heterocycles. The zero-order valence-corrected chi connectivity index (χ0v) is 23.3. The number of rotatable bonds is 9. The fraction of sp³-hybridized carbons (Fsp3) is 0.300. The lowest BCUT2D eigenvalue weighted by molar-refractivity contribution is -0.163. The Balaban J connectivity index is 1.51. The minimum Gasteiger partial charge on any atom is -0.477 e. The molecular formula is C30H30BrF2N3O4. The molecule has 10 heteroatoms. The van der Waals surface area contributed by atoms with Gasteiger partial charge in [0.1, 0.15) is 0 Å². The van der Waals surface area contributed by atoms with Gasteiger partial charge in [0.25, 0.3) is 5.91 Å². The molecule has 0 spiro atoms. The van der Waals surface area contributed by atoms with Crippen LogP contribution < -0.4 is 15.5 Å². The van der Waals surface area contributed by atoms with Crippen molar-refractivity contribution in [2.75, 3.05) is 16.8 Å². The number of nitrogens with one attached hydrogen (secondary N) is 2. The molecule has 3 N–H and O–H groups in total. The van der Waals surface area contributed by atoms with Gasteiger partial charge in [-0.05, 0) is 72.4 Å². The van der Waals surface area contributed by atoms with E-state index in [0.29, 0.717) is 22.9 Å². The van der Waals surface area contributed by atoms with Crippen molar-refractivity contribution in [2.45, 2.75) is 50.5 Å². The monoisotopic (exact) mass is 613 g/mol. The van der Waals surface area contributed by atoms with Gasteiger partial charge in [-0.3, -0.25) is 9.69 Å². The summed E-state index contributed by atoms with van der Waals surface area (Å²) in [6.45, 7) is -1.13. The van der Waals surface area contributed by atoms with Crippen LogP contribution in [-0.2, 0) is 11.3 Å². The molecule has 4 rings (SSSR count). The van der Waals surface area contributed by atoms with Crippen molar-refractivity contribution in [1.82, 2.24) is 5.32 Å². The quantitative estimate of drug-likeness (QED) is 0.238. The van der Waals surface area contributed by atoms with Crippen molar-refractivity contribution in [3.8, 4) is 0 Å². The minimum atomic E-state index is -4.07. The Morgan fingerprint density at radius 3 is 2.25 bits per heavy atom. The van der Waals surface area contributed by atoms with Gasteiger partial charge in [-0.1, -0.05) is 65.5 Å². The molecule has 0 aliphatic heterocycles. The molecule has 1 aliphatic carbocycles. The van der Waals surface area contributed by atoms with E-state index in [2.05, 4.69) is 33.4 Å². The third-order valence-corrected chi connectivity index (χ3v) is 7.44. The molecule has 0 radical (unpaired) electrons. The molecule has 3 amide bonds. The topological polar surface area (TPSA) is 98.7 Å². The average molecular weight is 614 g/mol. The molecular weight excluding hydrogens is 584 g/mol. The number of carbonyl (C=O) groups excluding carboxylic acids is 2. The van der Waals surface area contributed by atoms with Gasteiger partial charge in [0.15, 0.2) is 0 Å². The van der Waals surface area contributed by atoms with Crippen LogP contribution >= 0.6 is 15.9 Å². The first-order chi connectivity index (χ1) is 19.1. The van der Waals surface area contributed by atoms with Gasteiger partial charge < -0.3 is 15.7 Å². The van der Waals surface area contributed by atoms with E-state index in [9.17, 15) is 23.2 Å². The molecule has 1 saturated carbocycles. The molecule has 1 aliphatic rings. The van der Waals surface area contributed by atoms with Crippen LogP contribution in [0.2, 0.25) is 0 Å². The van der Waals surface area contributed by atoms with Crippen LogP contribution in [0.4, 0.5) is 25.0 Å². The zero-order chi connectivity index (χ0) is 28.7. The lowest BCUT2D eigenvalue weighted by Crippen LogP contribution is -2.42. The Labute approximate surface area is 239 Å². The molecule has 40 heavy (non-hydrogen) atoms. The van der Waals surface area contributed by atoms with E-state index in [1.165, 1.54) is 49.8 Å². The maximum atomic E-state index is 13.4. The molecule has 1 fully saturated rings. The largest absolute Gasteiger partial charge is 0.477 e. The SMILES string of the molecule is O=C(NCC(F)(F)C(=O)O)c1ccc(CN(C(=O)Nc2cccc(Br)c2)c2ccc(C3CCCCC3)cc2)cc1. The minimum absolute atomic E-state index is 0.0897. The summed E-state index contributed by atoms with van der Waals surface area (Å²) in [7, 11) is 0. The van der Waals surface area contributed by atoms with Gasteiger partial charge in [0, 0.05) is 21.4 Å². The highest BCUT2D eigenvalue weighted by Gasteiger charge is 2.39. The summed E-state index contributed by atoms with van der Waals surface area (Å²) in [6, 6.07) is 21.1. The molecule has 7 nitrogen and oxygen atoms in total. The van der Waals surface area contributed by atoms with Crippen LogP contribution in [0, 0.1) is 0 Å². The van der Waals surface area contributed by atoms with Crippen LogP contribution in [0.1, 0.15) is 59.5 Å². The smallest absolute Gasteiger partial charge is 0.376 e. The van der Waals surface area contributed by atoms with E-state index >= 15 is 0 Å². The molecule has 0 unspecified atom stereocenters. The van der Waals surface area contributed by atoms with Gasteiger partial charge in [-0.25, -0.2) is 9.59 Å². The number of urea groups is 1. The molecule has 3 aromatic rings. The first kappa shape index (κ1) is 29.2. The van der Waals surface area contributed by atoms with Crippen LogP contribution in [0.15, 0.2) is 77.3 Å². The van der Waals surface area contributed by atoms with E-state index < -0.39 is 24.3 Å². The predicted octanol–water partition coefficient (Wildman–Crippen LogP) is 7.19. The Hall–Kier alpha value is -3.79. The van der Waals surface area contributed by atoms with E-state index in [1.54, 1.807) is 29.2 Å². The zero-order valence-electron chi connectivity index (χ0n) is 21.7. The highest BCUT2D eigenvalue weighted by Crippen LogP contribution is 2.33. The third kappa shape index (κ3) is 7.65. The Kier molecular flexibility index (Phi) is 9.52. The summed E-state index contributed by atoms with van der Waals surface area (Å²) in [6.07, 6.45) is 6.06. The van der Waals surface area contributed by atoms with Gasteiger partial charge in [-0.15, -0.1) is 0 Å². The average Bonchev–Trinajstić information content (AvgIpc) is 2.95. The van der Waals surface area contributed by atoms with E-state index in [-0.39, 0.29) is 18.1 Å². The molecule has 0 heterocycles. The summed E-state index contributed by atoms with van der Waals surface area (Å²) < 4.78 is 27.5. The number of halogens is 3. The van der Waals surface area contributed by atoms with Crippen LogP contribution in [-0.4, -0.2) is 35.5 Å². The van der Waals surface area contributed by atoms with Crippen LogP contribution in [0.5, 0.6) is 0 Å². The number of amides is 3. The molecule has 3 aromatic carbocycles. The number of carbonyl (C=O) groups is 3. The van der Waals surface area contributed by atoms with Crippen molar-refractivity contribution in [1.29, 1.82) is 0 Å². The first-order valence-electron chi connectivity index (χ1n) is 13.0. The normalized spacial score (nSPS) is 13.9. The number of nitrogens with zero attached hydrogens (tertiary/aromatic N) is 1. The van der Waals surface area contributed by atoms with Gasteiger partial charge in [0.05, 0.1) is 13.1 Å². The summed E-state index contributed by atoms with van der Waals surface area (Å²) in [5.41, 5.74) is 3.37. The van der Waals surface area contributed by atoms with Crippen molar-refractivity contribution in [3.63, 3.8) is 0 Å². The second-order valence-corrected chi connectivity index (χ2v) is 10.8. The maximum Gasteiger partial charge on any atom is 0.376 e. The van der Waals surface area contributed by atoms with Crippen molar-refractivity contribution >= 4 is 45.2 Å². The standard InChI is InChI=1S/C30H30BrF2N3O4/c31-24-7-4-8-25(17-24)35-29(40)36(26-15-13-22(14-16-26)21-5-2-1-3-6-21)18-20-9-11-23(12-10-20)27(37)34-19-30(32,33)28(38)39/h4,7-17,21H,1-3,5-6,18-19H2,(H,34,37)(H,35,40)(H,38,39). The number of carboxylic acid groups (broad SMARTS) is 1. The van der Waals surface area contributed by atoms with Crippen molar-refractivity contribution in [2.24, 2.45) is 0 Å². The second kappa shape index (κ2) is 13.0. The number of anilines is 2. The highest BCUT2D eigenvalue weighted by molar-refractivity contribution is 9.10. The van der Waals surface area contributed by atoms with Crippen LogP contribution in [0.3, 0.4) is 0 Å². The number of hydrogen-bond donors (Lipinski definition) is 3. The van der Waals surface area contributed by atoms with Crippen LogP contribution in [0.25, 0.3) is 0 Å². The summed E-state index contributed by atoms with van der Waals surface area (Å²) in [4.78, 5) is 37.9. The number of benzene rings is 3. The Bertz CT molecular complexity index is 1340. The maximum absolute atomic E-state index is 13.4. The Morgan fingerprint density at radius 2 is 1.62 bits per heavy atom. The lowest BCUT2D eigenvalue weighted by Gasteiger charge is -2.26. The van der Waals surface area contributed by atoms with Crippen molar-refractivity contribution < 1.29 is 28.3 Å². The fourth-order valence-electron chi connectivity index (χ4n) is 4.71. The highest BCUT2D eigenvalue weighted by atomic mass is 79.9. The number of alkyl halides is 2. The molecule has 0 bridgehead atoms. The predicted molar refractivity (Wildman–Crippen MR) is 153 cm³/mol. The third-order valence-electron chi connectivity index (χ3n) is 6.94. The van der Waals surface area contributed by atoms with E-state index in [4.69, 9.17) is 5.11 Å². The summed E-state index contributed by atoms with van der Waals surface area (Å²) in [5, 5.41) is 13.4. The van der Waals surface area contributed by atoms with E-state index in [1.807, 2.05) is 29.6 Å². The first-order valence-corrected chi connectivity index (χ1v) is 13.8. The summed E-state index contributed by atoms with van der Waals surface area (Å²) in [5.74, 6) is -6.67. The van der Waals surface area contributed by atoms with Crippen molar-refractivity contribution in [3.05, 3.63) is 94.0 Å². The van der Waals surface area contributed by atoms with Gasteiger partial charge >= 0.3 is 17.9 Å². The Morgan fingerprint density at radius 1 is 0.950 bits per heavy atom.